The third-order valence-corrected chi connectivity index (χ3v) is 3.49. The van der Waals surface area contributed by atoms with Crippen LogP contribution < -0.4 is 4.90 Å². The highest BCUT2D eigenvalue weighted by Gasteiger charge is 2.16. The van der Waals surface area contributed by atoms with Gasteiger partial charge in [-0.25, -0.2) is 13.4 Å². The number of hydrogen-bond donors (Lipinski definition) is 0. The molecule has 0 N–H and O–H groups in total. The van der Waals surface area contributed by atoms with Crippen molar-refractivity contribution in [1.82, 2.24) is 4.98 Å². The van der Waals surface area contributed by atoms with Gasteiger partial charge in [0.05, 0.1) is 13.2 Å². The molecule has 0 atom stereocenters. The average molecular weight is 263 g/mol. The predicted molar refractivity (Wildman–Crippen MR) is 60.3 cm³/mol. The Bertz CT molecular complexity index is 471. The first-order valence-electron chi connectivity index (χ1n) is 4.82. The molecule has 2 heterocycles. The minimum absolute atomic E-state index is 0.113. The van der Waals surface area contributed by atoms with Crippen LogP contribution in [0.5, 0.6) is 0 Å². The smallest absolute Gasteiger partial charge is 0.278 e. The highest BCUT2D eigenvalue weighted by atomic mass is 35.7. The summed E-state index contributed by atoms with van der Waals surface area (Å²) in [5.41, 5.74) is 0. The Kier molecular flexibility index (Phi) is 3.32. The Morgan fingerprint density at radius 2 is 2.00 bits per heavy atom. The van der Waals surface area contributed by atoms with Gasteiger partial charge in [0.15, 0.2) is 5.03 Å². The fraction of sp³-hybridized carbons (Fsp3) is 0.444. The molecule has 0 radical (unpaired) electrons. The summed E-state index contributed by atoms with van der Waals surface area (Å²) in [5, 5.41) is -0.113. The average Bonchev–Trinajstić information content (AvgIpc) is 2.29. The molecule has 0 saturated carbocycles. The first-order chi connectivity index (χ1) is 7.57. The van der Waals surface area contributed by atoms with Gasteiger partial charge in [0.25, 0.3) is 9.05 Å². The van der Waals surface area contributed by atoms with Crippen molar-refractivity contribution in [3.05, 3.63) is 18.2 Å². The summed E-state index contributed by atoms with van der Waals surface area (Å²) in [7, 11) is 1.48. The molecule has 0 aliphatic carbocycles. The molecular formula is C9H11ClN2O3S. The lowest BCUT2D eigenvalue weighted by molar-refractivity contribution is 0.122. The van der Waals surface area contributed by atoms with Gasteiger partial charge in [0.1, 0.15) is 5.82 Å². The second-order valence-electron chi connectivity index (χ2n) is 3.37. The largest absolute Gasteiger partial charge is 0.378 e. The molecule has 5 nitrogen and oxygen atoms in total. The first kappa shape index (κ1) is 11.6. The first-order valence-corrected chi connectivity index (χ1v) is 7.13. The monoisotopic (exact) mass is 262 g/mol. The van der Waals surface area contributed by atoms with Crippen molar-refractivity contribution in [3.63, 3.8) is 0 Å². The van der Waals surface area contributed by atoms with E-state index in [2.05, 4.69) is 4.98 Å². The van der Waals surface area contributed by atoms with Gasteiger partial charge in [-0.15, -0.1) is 0 Å². The summed E-state index contributed by atoms with van der Waals surface area (Å²) in [5.74, 6) is 0.616. The normalized spacial score (nSPS) is 17.4. The van der Waals surface area contributed by atoms with Gasteiger partial charge in [-0.1, -0.05) is 6.07 Å². The van der Waals surface area contributed by atoms with Crippen LogP contribution in [0.2, 0.25) is 0 Å². The number of nitrogens with zero attached hydrogens (tertiary/aromatic N) is 2. The summed E-state index contributed by atoms with van der Waals surface area (Å²) in [6.07, 6.45) is 0. The van der Waals surface area contributed by atoms with Crippen molar-refractivity contribution in [2.75, 3.05) is 31.2 Å². The van der Waals surface area contributed by atoms with Crippen molar-refractivity contribution < 1.29 is 13.2 Å². The minimum atomic E-state index is -3.76. The molecule has 1 aromatic heterocycles. The van der Waals surface area contributed by atoms with Crippen LogP contribution >= 0.6 is 10.7 Å². The maximum Gasteiger partial charge on any atom is 0.278 e. The van der Waals surface area contributed by atoms with E-state index in [1.165, 1.54) is 6.07 Å². The number of aromatic nitrogens is 1. The minimum Gasteiger partial charge on any atom is -0.378 e. The molecule has 2 rings (SSSR count). The van der Waals surface area contributed by atoms with Crippen LogP contribution in [0.3, 0.4) is 0 Å². The van der Waals surface area contributed by atoms with E-state index in [1.54, 1.807) is 12.1 Å². The summed E-state index contributed by atoms with van der Waals surface area (Å²) < 4.78 is 27.5. The van der Waals surface area contributed by atoms with Crippen LogP contribution in [0.4, 0.5) is 5.82 Å². The Hall–Kier alpha value is -0.850. The number of morpholine rings is 1. The molecule has 1 aliphatic heterocycles. The molecule has 1 aliphatic rings. The fourth-order valence-corrected chi connectivity index (χ4v) is 2.21. The van der Waals surface area contributed by atoms with E-state index in [-0.39, 0.29) is 5.03 Å². The molecular weight excluding hydrogens is 252 g/mol. The zero-order valence-corrected chi connectivity index (χ0v) is 10.0. The lowest BCUT2D eigenvalue weighted by atomic mass is 10.4. The number of hydrogen-bond acceptors (Lipinski definition) is 5. The van der Waals surface area contributed by atoms with Crippen molar-refractivity contribution in [1.29, 1.82) is 0 Å². The Labute approximate surface area is 98.4 Å². The topological polar surface area (TPSA) is 59.5 Å². The van der Waals surface area contributed by atoms with E-state index in [0.29, 0.717) is 32.1 Å². The fourth-order valence-electron chi connectivity index (χ4n) is 1.51. The molecule has 7 heteroatoms. The number of ether oxygens (including phenoxy) is 1. The second kappa shape index (κ2) is 4.57. The molecule has 0 amide bonds. The van der Waals surface area contributed by atoms with Crippen LogP contribution in [0.25, 0.3) is 0 Å². The van der Waals surface area contributed by atoms with Gasteiger partial charge in [-0.2, -0.15) is 0 Å². The van der Waals surface area contributed by atoms with Crippen molar-refractivity contribution in [2.24, 2.45) is 0 Å². The summed E-state index contributed by atoms with van der Waals surface area (Å²) in [6, 6.07) is 4.77. The number of halogens is 1. The third-order valence-electron chi connectivity index (χ3n) is 2.29. The number of pyridine rings is 1. The van der Waals surface area contributed by atoms with Gasteiger partial charge in [-0.05, 0) is 12.1 Å². The van der Waals surface area contributed by atoms with E-state index in [0.717, 1.165) is 0 Å². The van der Waals surface area contributed by atoms with Gasteiger partial charge in [0, 0.05) is 23.8 Å². The van der Waals surface area contributed by atoms with Gasteiger partial charge in [0.2, 0.25) is 0 Å². The number of anilines is 1. The third kappa shape index (κ3) is 2.63. The van der Waals surface area contributed by atoms with Crippen molar-refractivity contribution >= 4 is 25.6 Å². The van der Waals surface area contributed by atoms with E-state index in [1.807, 2.05) is 4.90 Å². The lowest BCUT2D eigenvalue weighted by Gasteiger charge is -2.27. The van der Waals surface area contributed by atoms with Crippen molar-refractivity contribution in [2.45, 2.75) is 5.03 Å². The summed E-state index contributed by atoms with van der Waals surface area (Å²) in [4.78, 5) is 5.99. The van der Waals surface area contributed by atoms with Crippen LogP contribution in [-0.4, -0.2) is 39.7 Å². The summed E-state index contributed by atoms with van der Waals surface area (Å²) in [6.45, 7) is 2.66. The van der Waals surface area contributed by atoms with E-state index in [9.17, 15) is 8.42 Å². The van der Waals surface area contributed by atoms with Crippen LogP contribution in [-0.2, 0) is 13.8 Å². The molecule has 0 bridgehead atoms. The van der Waals surface area contributed by atoms with Crippen molar-refractivity contribution in [3.8, 4) is 0 Å². The second-order valence-corrected chi connectivity index (χ2v) is 5.88. The SMILES string of the molecule is O=S(=O)(Cl)c1cccc(N2CCOCC2)n1. The van der Waals surface area contributed by atoms with Gasteiger partial charge >= 0.3 is 0 Å². The molecule has 88 valence electrons. The zero-order valence-electron chi connectivity index (χ0n) is 8.47. The van der Waals surface area contributed by atoms with Crippen LogP contribution in [0.1, 0.15) is 0 Å². The van der Waals surface area contributed by atoms with E-state index < -0.39 is 9.05 Å². The van der Waals surface area contributed by atoms with Gasteiger partial charge < -0.3 is 9.64 Å². The Balaban J connectivity index is 2.28. The van der Waals surface area contributed by atoms with Crippen LogP contribution in [0, 0.1) is 0 Å². The van der Waals surface area contributed by atoms with Gasteiger partial charge in [-0.3, -0.25) is 0 Å². The highest BCUT2D eigenvalue weighted by Crippen LogP contribution is 2.18. The predicted octanol–water partition coefficient (Wildman–Crippen LogP) is 0.846. The Morgan fingerprint density at radius 1 is 1.31 bits per heavy atom. The summed E-state index contributed by atoms with van der Waals surface area (Å²) >= 11 is 0. The highest BCUT2D eigenvalue weighted by molar-refractivity contribution is 8.13. The molecule has 0 aromatic carbocycles. The standard InChI is InChI=1S/C9H11ClN2O3S/c10-16(13,14)9-3-1-2-8(11-9)12-4-6-15-7-5-12/h1-3H,4-7H2. The quantitative estimate of drug-likeness (QED) is 0.740. The van der Waals surface area contributed by atoms with E-state index >= 15 is 0 Å². The Morgan fingerprint density at radius 3 is 2.62 bits per heavy atom. The maximum atomic E-state index is 11.1. The molecule has 1 fully saturated rings. The van der Waals surface area contributed by atoms with Crippen LogP contribution in [0.15, 0.2) is 23.2 Å². The lowest BCUT2D eigenvalue weighted by Crippen LogP contribution is -2.36. The molecule has 16 heavy (non-hydrogen) atoms. The molecule has 1 aromatic rings. The molecule has 0 spiro atoms. The zero-order chi connectivity index (χ0) is 11.6. The van der Waals surface area contributed by atoms with E-state index in [4.69, 9.17) is 15.4 Å². The molecule has 0 unspecified atom stereocenters. The molecule has 1 saturated heterocycles. The maximum absolute atomic E-state index is 11.1. The number of rotatable bonds is 2.